The summed E-state index contributed by atoms with van der Waals surface area (Å²) in [6.07, 6.45) is 25.0. The number of hydrogen-bond donors (Lipinski definition) is 0. The molecular formula is C22H40O2. The van der Waals surface area contributed by atoms with Crippen LogP contribution >= 0.6 is 0 Å². The summed E-state index contributed by atoms with van der Waals surface area (Å²) in [5.41, 5.74) is 0.715. The van der Waals surface area contributed by atoms with E-state index in [4.69, 9.17) is 0 Å². The third kappa shape index (κ3) is 15.8. The van der Waals surface area contributed by atoms with E-state index in [9.17, 15) is 4.79 Å². The number of hydrogen-bond acceptors (Lipinski definition) is 2. The van der Waals surface area contributed by atoms with Crippen molar-refractivity contribution in [1.82, 2.24) is 0 Å². The number of ether oxygens (including phenoxy) is 1. The molecule has 2 heteroatoms. The molecule has 0 N–H and O–H groups in total. The average molecular weight is 337 g/mol. The van der Waals surface area contributed by atoms with Crippen molar-refractivity contribution in [3.05, 3.63) is 23.8 Å². The van der Waals surface area contributed by atoms with Crippen molar-refractivity contribution in [3.63, 3.8) is 0 Å². The van der Waals surface area contributed by atoms with Gasteiger partial charge in [-0.1, -0.05) is 82.9 Å². The quantitative estimate of drug-likeness (QED) is 0.129. The van der Waals surface area contributed by atoms with Crippen LogP contribution in [0.3, 0.4) is 0 Å². The molecule has 0 rings (SSSR count). The minimum Gasteiger partial charge on any atom is -0.466 e. The molecule has 0 saturated carbocycles. The minimum atomic E-state index is -0.216. The Kier molecular flexibility index (Phi) is 17.5. The Bertz CT molecular complexity index is 342. The summed E-state index contributed by atoms with van der Waals surface area (Å²) in [5, 5.41) is 0. The Balaban J connectivity index is 3.29. The Morgan fingerprint density at radius 3 is 1.79 bits per heavy atom. The first kappa shape index (κ1) is 22.9. The molecule has 0 spiro atoms. The molecule has 0 atom stereocenters. The van der Waals surface area contributed by atoms with Gasteiger partial charge in [-0.2, -0.15) is 0 Å². The highest BCUT2D eigenvalue weighted by molar-refractivity contribution is 5.87. The maximum absolute atomic E-state index is 11.2. The van der Waals surface area contributed by atoms with Gasteiger partial charge in [0.1, 0.15) is 0 Å². The third-order valence-electron chi connectivity index (χ3n) is 4.42. The fourth-order valence-electron chi connectivity index (χ4n) is 2.78. The third-order valence-corrected chi connectivity index (χ3v) is 4.42. The van der Waals surface area contributed by atoms with Crippen LogP contribution in [-0.2, 0) is 9.53 Å². The van der Waals surface area contributed by atoms with Gasteiger partial charge in [0.2, 0.25) is 0 Å². The van der Waals surface area contributed by atoms with Crippen molar-refractivity contribution in [3.8, 4) is 0 Å². The number of carbonyl (C=O) groups excluding carboxylic acids is 1. The van der Waals surface area contributed by atoms with Crippen LogP contribution < -0.4 is 0 Å². The largest absolute Gasteiger partial charge is 0.466 e. The summed E-state index contributed by atoms with van der Waals surface area (Å²) in [7, 11) is 1.43. The zero-order chi connectivity index (χ0) is 17.9. The SMILES string of the molecule is CCCCCCCCCCCC/C=C\CCCC=C(C)C(=O)OC. The summed E-state index contributed by atoms with van der Waals surface area (Å²) in [5.74, 6) is -0.216. The lowest BCUT2D eigenvalue weighted by Gasteiger charge is -2.01. The van der Waals surface area contributed by atoms with E-state index in [0.29, 0.717) is 5.57 Å². The van der Waals surface area contributed by atoms with Gasteiger partial charge < -0.3 is 4.74 Å². The van der Waals surface area contributed by atoms with E-state index in [2.05, 4.69) is 23.8 Å². The topological polar surface area (TPSA) is 26.3 Å². The predicted molar refractivity (Wildman–Crippen MR) is 105 cm³/mol. The molecule has 0 aromatic rings. The summed E-state index contributed by atoms with van der Waals surface area (Å²) in [6, 6.07) is 0. The maximum Gasteiger partial charge on any atom is 0.333 e. The molecule has 0 unspecified atom stereocenters. The zero-order valence-electron chi connectivity index (χ0n) is 16.4. The van der Waals surface area contributed by atoms with E-state index in [1.807, 2.05) is 13.0 Å². The Labute approximate surface area is 150 Å². The molecule has 0 aliphatic carbocycles. The Morgan fingerprint density at radius 1 is 0.750 bits per heavy atom. The summed E-state index contributed by atoms with van der Waals surface area (Å²) in [4.78, 5) is 11.2. The molecule has 0 aromatic carbocycles. The van der Waals surface area contributed by atoms with Crippen LogP contribution in [0.25, 0.3) is 0 Å². The fraction of sp³-hybridized carbons (Fsp3) is 0.773. The number of methoxy groups -OCH3 is 1. The summed E-state index contributed by atoms with van der Waals surface area (Å²) in [6.45, 7) is 4.09. The van der Waals surface area contributed by atoms with Crippen LogP contribution in [0.2, 0.25) is 0 Å². The first-order valence-electron chi connectivity index (χ1n) is 10.1. The number of unbranched alkanes of at least 4 members (excludes halogenated alkanes) is 12. The monoisotopic (exact) mass is 336 g/mol. The molecule has 0 aliphatic rings. The van der Waals surface area contributed by atoms with Crippen LogP contribution in [0.1, 0.15) is 104 Å². The van der Waals surface area contributed by atoms with E-state index in [-0.39, 0.29) is 5.97 Å². The molecule has 0 radical (unpaired) electrons. The van der Waals surface area contributed by atoms with Crippen molar-refractivity contribution in [2.45, 2.75) is 104 Å². The minimum absolute atomic E-state index is 0.216. The van der Waals surface area contributed by atoms with Gasteiger partial charge in [0, 0.05) is 5.57 Å². The lowest BCUT2D eigenvalue weighted by atomic mass is 10.1. The molecule has 0 amide bonds. The zero-order valence-corrected chi connectivity index (χ0v) is 16.4. The molecule has 0 aliphatic heterocycles. The van der Waals surface area contributed by atoms with Gasteiger partial charge >= 0.3 is 5.97 Å². The van der Waals surface area contributed by atoms with Crippen molar-refractivity contribution < 1.29 is 9.53 Å². The molecule has 0 aromatic heterocycles. The van der Waals surface area contributed by atoms with Crippen molar-refractivity contribution in [2.75, 3.05) is 7.11 Å². The fourth-order valence-corrected chi connectivity index (χ4v) is 2.78. The molecule has 0 fully saturated rings. The number of rotatable bonds is 16. The lowest BCUT2D eigenvalue weighted by molar-refractivity contribution is -0.136. The number of esters is 1. The molecule has 140 valence electrons. The highest BCUT2D eigenvalue weighted by atomic mass is 16.5. The summed E-state index contributed by atoms with van der Waals surface area (Å²) >= 11 is 0. The molecule has 0 heterocycles. The van der Waals surface area contributed by atoms with Gasteiger partial charge in [-0.3, -0.25) is 0 Å². The smallest absolute Gasteiger partial charge is 0.333 e. The first-order chi connectivity index (χ1) is 11.7. The van der Waals surface area contributed by atoms with Crippen molar-refractivity contribution in [2.24, 2.45) is 0 Å². The van der Waals surface area contributed by atoms with Crippen LogP contribution in [0.5, 0.6) is 0 Å². The molecule has 0 bridgehead atoms. The van der Waals surface area contributed by atoms with Gasteiger partial charge in [-0.05, 0) is 39.0 Å². The van der Waals surface area contributed by atoms with Crippen LogP contribution in [0, 0.1) is 0 Å². The Morgan fingerprint density at radius 2 is 1.25 bits per heavy atom. The second-order valence-electron chi connectivity index (χ2n) is 6.75. The molecular weight excluding hydrogens is 296 g/mol. The van der Waals surface area contributed by atoms with Crippen molar-refractivity contribution in [1.29, 1.82) is 0 Å². The molecule has 2 nitrogen and oxygen atoms in total. The highest BCUT2D eigenvalue weighted by Crippen LogP contribution is 2.11. The van der Waals surface area contributed by atoms with E-state index >= 15 is 0 Å². The first-order valence-corrected chi connectivity index (χ1v) is 10.1. The van der Waals surface area contributed by atoms with E-state index < -0.39 is 0 Å². The van der Waals surface area contributed by atoms with E-state index in [0.717, 1.165) is 19.3 Å². The molecule has 0 saturated heterocycles. The van der Waals surface area contributed by atoms with Gasteiger partial charge in [0.05, 0.1) is 7.11 Å². The standard InChI is InChI=1S/C22H40O2/c1-4-5-6-7-8-9-10-11-12-13-14-15-16-17-18-19-20-21(2)22(23)24-3/h15-16,20H,4-14,17-19H2,1-3H3/b16-15-,21-20?. The van der Waals surface area contributed by atoms with Gasteiger partial charge in [-0.25, -0.2) is 4.79 Å². The maximum atomic E-state index is 11.2. The van der Waals surface area contributed by atoms with E-state index in [1.165, 1.54) is 77.7 Å². The van der Waals surface area contributed by atoms with Gasteiger partial charge in [0.25, 0.3) is 0 Å². The van der Waals surface area contributed by atoms with Crippen LogP contribution in [-0.4, -0.2) is 13.1 Å². The second-order valence-corrected chi connectivity index (χ2v) is 6.75. The van der Waals surface area contributed by atoms with E-state index in [1.54, 1.807) is 0 Å². The molecule has 24 heavy (non-hydrogen) atoms. The predicted octanol–water partition coefficient (Wildman–Crippen LogP) is 7.14. The van der Waals surface area contributed by atoms with Crippen LogP contribution in [0.4, 0.5) is 0 Å². The average Bonchev–Trinajstić information content (AvgIpc) is 2.60. The van der Waals surface area contributed by atoms with Gasteiger partial charge in [0.15, 0.2) is 0 Å². The van der Waals surface area contributed by atoms with Crippen LogP contribution in [0.15, 0.2) is 23.8 Å². The van der Waals surface area contributed by atoms with Gasteiger partial charge in [-0.15, -0.1) is 0 Å². The highest BCUT2D eigenvalue weighted by Gasteiger charge is 2.00. The summed E-state index contributed by atoms with van der Waals surface area (Å²) < 4.78 is 4.67. The number of allylic oxidation sites excluding steroid dienone is 3. The second kappa shape index (κ2) is 18.3. The lowest BCUT2D eigenvalue weighted by Crippen LogP contribution is -2.00. The Hall–Kier alpha value is -1.05. The normalized spacial score (nSPS) is 12.0. The number of carbonyl (C=O) groups is 1. The van der Waals surface area contributed by atoms with Crippen molar-refractivity contribution >= 4 is 5.97 Å².